The lowest BCUT2D eigenvalue weighted by molar-refractivity contribution is -0.0318. The quantitative estimate of drug-likeness (QED) is 0.648. The summed E-state index contributed by atoms with van der Waals surface area (Å²) in [6.07, 6.45) is 2.84. The molecule has 0 aromatic heterocycles. The summed E-state index contributed by atoms with van der Waals surface area (Å²) in [7, 11) is 4.12. The number of hydrogen-bond donors (Lipinski definition) is 1. The molecule has 3 heteroatoms. The number of hydrogen-bond acceptors (Lipinski definition) is 3. The van der Waals surface area contributed by atoms with Crippen LogP contribution in [0.2, 0.25) is 0 Å². The normalized spacial score (nSPS) is 29.0. The van der Waals surface area contributed by atoms with Crippen molar-refractivity contribution in [1.29, 1.82) is 0 Å². The van der Waals surface area contributed by atoms with Gasteiger partial charge in [0.1, 0.15) is 0 Å². The molecule has 2 N–H and O–H groups in total. The highest BCUT2D eigenvalue weighted by molar-refractivity contribution is 4.80. The number of ether oxygens (including phenoxy) is 1. The maximum Gasteiger partial charge on any atom is 0.0596 e. The fourth-order valence-electron chi connectivity index (χ4n) is 1.41. The summed E-state index contributed by atoms with van der Waals surface area (Å²) >= 11 is 0. The molecular weight excluding hydrogens is 152 g/mol. The summed E-state index contributed by atoms with van der Waals surface area (Å²) < 4.78 is 5.62. The van der Waals surface area contributed by atoms with Crippen LogP contribution in [0, 0.1) is 5.92 Å². The van der Waals surface area contributed by atoms with Crippen molar-refractivity contribution in [3.63, 3.8) is 0 Å². The van der Waals surface area contributed by atoms with E-state index in [4.69, 9.17) is 10.5 Å². The Morgan fingerprint density at radius 1 is 1.42 bits per heavy atom. The van der Waals surface area contributed by atoms with Gasteiger partial charge in [-0.05, 0) is 39.4 Å². The summed E-state index contributed by atoms with van der Waals surface area (Å²) in [6, 6.07) is 0. The van der Waals surface area contributed by atoms with E-state index in [0.717, 1.165) is 25.6 Å². The Morgan fingerprint density at radius 2 is 2.08 bits per heavy atom. The van der Waals surface area contributed by atoms with Crippen LogP contribution < -0.4 is 5.73 Å². The summed E-state index contributed by atoms with van der Waals surface area (Å²) in [4.78, 5) is 2.14. The molecule has 0 radical (unpaired) electrons. The van der Waals surface area contributed by atoms with E-state index in [-0.39, 0.29) is 0 Å². The van der Waals surface area contributed by atoms with Crippen molar-refractivity contribution in [1.82, 2.24) is 4.90 Å². The lowest BCUT2D eigenvalue weighted by Crippen LogP contribution is -2.37. The monoisotopic (exact) mass is 172 g/mol. The van der Waals surface area contributed by atoms with E-state index < -0.39 is 0 Å². The Hall–Kier alpha value is -0.120. The molecule has 1 aliphatic rings. The molecule has 0 aromatic carbocycles. The minimum absolute atomic E-state index is 0.499. The van der Waals surface area contributed by atoms with Gasteiger partial charge in [-0.1, -0.05) is 0 Å². The van der Waals surface area contributed by atoms with Crippen molar-refractivity contribution in [3.05, 3.63) is 0 Å². The minimum atomic E-state index is 0.499. The zero-order valence-corrected chi connectivity index (χ0v) is 8.12. The molecule has 0 atom stereocenters. The van der Waals surface area contributed by atoms with Crippen molar-refractivity contribution in [2.45, 2.75) is 18.9 Å². The number of nitrogens with two attached hydrogens (primary N) is 1. The van der Waals surface area contributed by atoms with Gasteiger partial charge >= 0.3 is 0 Å². The second-order valence-electron chi connectivity index (χ2n) is 3.87. The highest BCUT2D eigenvalue weighted by atomic mass is 16.5. The molecule has 3 nitrogen and oxygen atoms in total. The molecule has 1 fully saturated rings. The van der Waals surface area contributed by atoms with E-state index in [2.05, 4.69) is 19.0 Å². The van der Waals surface area contributed by atoms with Crippen LogP contribution in [0.3, 0.4) is 0 Å². The van der Waals surface area contributed by atoms with Crippen molar-refractivity contribution >= 4 is 0 Å². The SMILES string of the molecule is CN(C)CCOC1CC(CN)C1. The van der Waals surface area contributed by atoms with E-state index >= 15 is 0 Å². The molecule has 12 heavy (non-hydrogen) atoms. The first-order valence-electron chi connectivity index (χ1n) is 4.68. The molecular formula is C9H20N2O. The van der Waals surface area contributed by atoms with Crippen molar-refractivity contribution in [2.75, 3.05) is 33.8 Å². The summed E-state index contributed by atoms with van der Waals surface area (Å²) in [6.45, 7) is 2.70. The molecule has 0 heterocycles. The van der Waals surface area contributed by atoms with Gasteiger partial charge in [-0.2, -0.15) is 0 Å². The predicted molar refractivity (Wildman–Crippen MR) is 50.1 cm³/mol. The van der Waals surface area contributed by atoms with Crippen LogP contribution in [0.1, 0.15) is 12.8 Å². The van der Waals surface area contributed by atoms with Gasteiger partial charge in [0.05, 0.1) is 12.7 Å². The third-order valence-corrected chi connectivity index (χ3v) is 2.42. The highest BCUT2D eigenvalue weighted by Gasteiger charge is 2.28. The molecule has 1 aliphatic carbocycles. The standard InChI is InChI=1S/C9H20N2O/c1-11(2)3-4-12-9-5-8(6-9)7-10/h8-9H,3-7,10H2,1-2H3. The smallest absolute Gasteiger partial charge is 0.0596 e. The number of rotatable bonds is 5. The second-order valence-corrected chi connectivity index (χ2v) is 3.87. The predicted octanol–water partition coefficient (Wildman–Crippen LogP) is 0.302. The summed E-state index contributed by atoms with van der Waals surface area (Å²) in [5, 5.41) is 0. The van der Waals surface area contributed by atoms with Gasteiger partial charge in [-0.15, -0.1) is 0 Å². The first kappa shape index (κ1) is 9.96. The van der Waals surface area contributed by atoms with Crippen LogP contribution in [0.5, 0.6) is 0 Å². The Balaban J connectivity index is 1.90. The number of nitrogens with zero attached hydrogens (tertiary/aromatic N) is 1. The largest absolute Gasteiger partial charge is 0.377 e. The maximum absolute atomic E-state index is 5.62. The zero-order valence-electron chi connectivity index (χ0n) is 8.12. The summed E-state index contributed by atoms with van der Waals surface area (Å²) in [5.74, 6) is 0.731. The van der Waals surface area contributed by atoms with Crippen LogP contribution >= 0.6 is 0 Å². The third kappa shape index (κ3) is 3.09. The maximum atomic E-state index is 5.62. The molecule has 1 rings (SSSR count). The van der Waals surface area contributed by atoms with Crippen molar-refractivity contribution in [3.8, 4) is 0 Å². The molecule has 0 amide bonds. The molecule has 0 aliphatic heterocycles. The van der Waals surface area contributed by atoms with E-state index in [1.807, 2.05) is 0 Å². The van der Waals surface area contributed by atoms with Gasteiger partial charge in [0.15, 0.2) is 0 Å². The molecule has 0 saturated heterocycles. The van der Waals surface area contributed by atoms with E-state index in [1.165, 1.54) is 12.8 Å². The zero-order chi connectivity index (χ0) is 8.97. The average Bonchev–Trinajstić information content (AvgIpc) is 1.93. The van der Waals surface area contributed by atoms with E-state index in [1.54, 1.807) is 0 Å². The second kappa shape index (κ2) is 4.80. The van der Waals surface area contributed by atoms with Gasteiger partial charge in [0.2, 0.25) is 0 Å². The van der Waals surface area contributed by atoms with Gasteiger partial charge in [-0.25, -0.2) is 0 Å². The molecule has 0 unspecified atom stereocenters. The lowest BCUT2D eigenvalue weighted by Gasteiger charge is -2.34. The molecule has 0 spiro atoms. The van der Waals surface area contributed by atoms with Gasteiger partial charge < -0.3 is 15.4 Å². The Kier molecular flexibility index (Phi) is 3.98. The van der Waals surface area contributed by atoms with E-state index in [0.29, 0.717) is 6.10 Å². The van der Waals surface area contributed by atoms with Crippen LogP contribution in [0.4, 0.5) is 0 Å². The van der Waals surface area contributed by atoms with Crippen LogP contribution in [0.15, 0.2) is 0 Å². The first-order valence-corrected chi connectivity index (χ1v) is 4.68. The van der Waals surface area contributed by atoms with Crippen LogP contribution in [-0.2, 0) is 4.74 Å². The number of likely N-dealkylation sites (N-methyl/N-ethyl adjacent to an activating group) is 1. The fourth-order valence-corrected chi connectivity index (χ4v) is 1.41. The minimum Gasteiger partial charge on any atom is -0.377 e. The first-order chi connectivity index (χ1) is 5.72. The van der Waals surface area contributed by atoms with Crippen molar-refractivity contribution in [2.24, 2.45) is 11.7 Å². The Bertz CT molecular complexity index is 122. The molecule has 1 saturated carbocycles. The Labute approximate surface area is 74.9 Å². The van der Waals surface area contributed by atoms with E-state index in [9.17, 15) is 0 Å². The van der Waals surface area contributed by atoms with Crippen LogP contribution in [0.25, 0.3) is 0 Å². The Morgan fingerprint density at radius 3 is 2.58 bits per heavy atom. The molecule has 0 bridgehead atoms. The fraction of sp³-hybridized carbons (Fsp3) is 1.00. The van der Waals surface area contributed by atoms with Gasteiger partial charge in [-0.3, -0.25) is 0 Å². The summed E-state index contributed by atoms with van der Waals surface area (Å²) in [5.41, 5.74) is 5.51. The van der Waals surface area contributed by atoms with Gasteiger partial charge in [0, 0.05) is 6.54 Å². The topological polar surface area (TPSA) is 38.5 Å². The van der Waals surface area contributed by atoms with Crippen molar-refractivity contribution < 1.29 is 4.74 Å². The van der Waals surface area contributed by atoms with Crippen LogP contribution in [-0.4, -0.2) is 44.8 Å². The molecule has 72 valence electrons. The molecule has 0 aromatic rings. The van der Waals surface area contributed by atoms with Gasteiger partial charge in [0.25, 0.3) is 0 Å². The highest BCUT2D eigenvalue weighted by Crippen LogP contribution is 2.28. The lowest BCUT2D eigenvalue weighted by atomic mass is 9.82. The average molecular weight is 172 g/mol. The third-order valence-electron chi connectivity index (χ3n) is 2.42.